The van der Waals surface area contributed by atoms with Crippen molar-refractivity contribution in [2.45, 2.75) is 26.2 Å². The molecule has 21 heavy (non-hydrogen) atoms. The van der Waals surface area contributed by atoms with Gasteiger partial charge in [-0.3, -0.25) is 4.79 Å². The Bertz CT molecular complexity index is 845. The lowest BCUT2D eigenvalue weighted by Gasteiger charge is -2.07. The summed E-state index contributed by atoms with van der Waals surface area (Å²) in [6.07, 6.45) is 2.95. The molecular formula is C19H16O2. The number of rotatable bonds is 3. The van der Waals surface area contributed by atoms with E-state index in [2.05, 4.69) is 12.1 Å². The Morgan fingerprint density at radius 1 is 1.05 bits per heavy atom. The van der Waals surface area contributed by atoms with E-state index in [9.17, 15) is 4.79 Å². The molecule has 0 saturated carbocycles. The number of carbonyl (C=O) groups is 1. The van der Waals surface area contributed by atoms with E-state index in [-0.39, 0.29) is 5.78 Å². The summed E-state index contributed by atoms with van der Waals surface area (Å²) in [5.41, 5.74) is 3.45. The fourth-order valence-electron chi connectivity index (χ4n) is 3.27. The monoisotopic (exact) mass is 276 g/mol. The third-order valence-corrected chi connectivity index (χ3v) is 4.36. The van der Waals surface area contributed by atoms with E-state index in [1.54, 1.807) is 6.07 Å². The molecule has 1 aliphatic carbocycles. The SMILES string of the molecule is CCc1ccc(C(=O)c2ccc3c4c(cccc24)CC3)o1. The lowest BCUT2D eigenvalue weighted by Crippen LogP contribution is -2.01. The number of carbonyl (C=O) groups excluding carboxylic acids is 1. The van der Waals surface area contributed by atoms with Gasteiger partial charge in [0.15, 0.2) is 5.76 Å². The van der Waals surface area contributed by atoms with Crippen molar-refractivity contribution < 1.29 is 9.21 Å². The van der Waals surface area contributed by atoms with Gasteiger partial charge in [-0.2, -0.15) is 0 Å². The second-order valence-corrected chi connectivity index (χ2v) is 5.56. The zero-order valence-corrected chi connectivity index (χ0v) is 12.0. The zero-order valence-electron chi connectivity index (χ0n) is 12.0. The zero-order chi connectivity index (χ0) is 14.4. The number of hydrogen-bond donors (Lipinski definition) is 0. The molecular weight excluding hydrogens is 260 g/mol. The molecule has 0 spiro atoms. The van der Waals surface area contributed by atoms with Crippen molar-refractivity contribution in [1.82, 2.24) is 0 Å². The Morgan fingerprint density at radius 2 is 1.86 bits per heavy atom. The Balaban J connectivity index is 1.89. The van der Waals surface area contributed by atoms with Crippen molar-refractivity contribution in [2.75, 3.05) is 0 Å². The van der Waals surface area contributed by atoms with Gasteiger partial charge in [0.05, 0.1) is 0 Å². The highest BCUT2D eigenvalue weighted by atomic mass is 16.3. The number of hydrogen-bond acceptors (Lipinski definition) is 2. The van der Waals surface area contributed by atoms with E-state index in [1.807, 2.05) is 31.2 Å². The average molecular weight is 276 g/mol. The number of aryl methyl sites for hydroxylation is 3. The quantitative estimate of drug-likeness (QED) is 0.667. The first-order chi connectivity index (χ1) is 10.3. The van der Waals surface area contributed by atoms with E-state index >= 15 is 0 Å². The number of ketones is 1. The maximum atomic E-state index is 12.7. The van der Waals surface area contributed by atoms with Crippen molar-refractivity contribution in [2.24, 2.45) is 0 Å². The van der Waals surface area contributed by atoms with Crippen LogP contribution in [0.15, 0.2) is 46.9 Å². The van der Waals surface area contributed by atoms with Crippen LogP contribution in [0.2, 0.25) is 0 Å². The summed E-state index contributed by atoms with van der Waals surface area (Å²) in [7, 11) is 0. The summed E-state index contributed by atoms with van der Waals surface area (Å²) >= 11 is 0. The van der Waals surface area contributed by atoms with E-state index in [4.69, 9.17) is 4.42 Å². The molecule has 2 heteroatoms. The minimum absolute atomic E-state index is 0.0229. The molecule has 0 saturated heterocycles. The third-order valence-electron chi connectivity index (χ3n) is 4.36. The first kappa shape index (κ1) is 12.4. The van der Waals surface area contributed by atoms with Crippen LogP contribution < -0.4 is 0 Å². The molecule has 0 bridgehead atoms. The molecule has 0 amide bonds. The molecule has 0 radical (unpaired) electrons. The summed E-state index contributed by atoms with van der Waals surface area (Å²) in [6.45, 7) is 2.02. The predicted octanol–water partition coefficient (Wildman–Crippen LogP) is 4.32. The van der Waals surface area contributed by atoms with Crippen LogP contribution in [0, 0.1) is 0 Å². The van der Waals surface area contributed by atoms with Gasteiger partial charge >= 0.3 is 0 Å². The summed E-state index contributed by atoms with van der Waals surface area (Å²) in [5.74, 6) is 1.26. The first-order valence-corrected chi connectivity index (χ1v) is 7.45. The number of furan rings is 1. The predicted molar refractivity (Wildman–Crippen MR) is 82.9 cm³/mol. The summed E-state index contributed by atoms with van der Waals surface area (Å²) in [6, 6.07) is 14.0. The highest BCUT2D eigenvalue weighted by Crippen LogP contribution is 2.33. The van der Waals surface area contributed by atoms with Crippen molar-refractivity contribution in [1.29, 1.82) is 0 Å². The standard InChI is InChI=1S/C19H16O2/c1-2-14-9-11-17(21-14)19(20)16-10-8-13-7-6-12-4-3-5-15(16)18(12)13/h3-5,8-11H,2,6-7H2,1H3. The molecule has 1 aliphatic rings. The fraction of sp³-hybridized carbons (Fsp3) is 0.211. The van der Waals surface area contributed by atoms with E-state index in [0.717, 1.165) is 36.0 Å². The molecule has 0 N–H and O–H groups in total. The highest BCUT2D eigenvalue weighted by molar-refractivity contribution is 6.16. The summed E-state index contributed by atoms with van der Waals surface area (Å²) in [4.78, 5) is 12.7. The van der Waals surface area contributed by atoms with Crippen LogP contribution in [0.25, 0.3) is 10.8 Å². The van der Waals surface area contributed by atoms with Crippen LogP contribution in [0.3, 0.4) is 0 Å². The molecule has 104 valence electrons. The number of benzene rings is 2. The average Bonchev–Trinajstić information content (AvgIpc) is 3.15. The molecule has 1 aromatic heterocycles. The van der Waals surface area contributed by atoms with E-state index in [1.165, 1.54) is 16.5 Å². The van der Waals surface area contributed by atoms with E-state index in [0.29, 0.717) is 5.76 Å². The minimum atomic E-state index is -0.0229. The van der Waals surface area contributed by atoms with Gasteiger partial charge in [0, 0.05) is 12.0 Å². The second kappa shape index (κ2) is 4.59. The molecule has 4 rings (SSSR count). The minimum Gasteiger partial charge on any atom is -0.458 e. The van der Waals surface area contributed by atoms with Gasteiger partial charge in [-0.15, -0.1) is 0 Å². The summed E-state index contributed by atoms with van der Waals surface area (Å²) < 4.78 is 5.62. The Morgan fingerprint density at radius 3 is 2.62 bits per heavy atom. The molecule has 2 aromatic carbocycles. The van der Waals surface area contributed by atoms with Gasteiger partial charge in [0.1, 0.15) is 5.76 Å². The van der Waals surface area contributed by atoms with Gasteiger partial charge < -0.3 is 4.42 Å². The molecule has 0 atom stereocenters. The van der Waals surface area contributed by atoms with Crippen LogP contribution in [0.4, 0.5) is 0 Å². The smallest absolute Gasteiger partial charge is 0.228 e. The van der Waals surface area contributed by atoms with Gasteiger partial charge in [-0.25, -0.2) is 0 Å². The maximum Gasteiger partial charge on any atom is 0.228 e. The third kappa shape index (κ3) is 1.83. The fourth-order valence-corrected chi connectivity index (χ4v) is 3.27. The van der Waals surface area contributed by atoms with Crippen LogP contribution in [0.5, 0.6) is 0 Å². The first-order valence-electron chi connectivity index (χ1n) is 7.45. The summed E-state index contributed by atoms with van der Waals surface area (Å²) in [5, 5.41) is 2.33. The second-order valence-electron chi connectivity index (χ2n) is 5.56. The van der Waals surface area contributed by atoms with Crippen molar-refractivity contribution in [3.05, 3.63) is 70.7 Å². The van der Waals surface area contributed by atoms with Crippen LogP contribution in [-0.4, -0.2) is 5.78 Å². The Kier molecular flexibility index (Phi) is 2.71. The van der Waals surface area contributed by atoms with Crippen molar-refractivity contribution >= 4 is 16.6 Å². The maximum absolute atomic E-state index is 12.7. The molecule has 0 aliphatic heterocycles. The van der Waals surface area contributed by atoms with Gasteiger partial charge in [-0.05, 0) is 52.9 Å². The van der Waals surface area contributed by atoms with E-state index < -0.39 is 0 Å². The van der Waals surface area contributed by atoms with Gasteiger partial charge in [-0.1, -0.05) is 31.2 Å². The van der Waals surface area contributed by atoms with Crippen LogP contribution in [0.1, 0.15) is 39.9 Å². The Hall–Kier alpha value is -2.35. The topological polar surface area (TPSA) is 30.2 Å². The van der Waals surface area contributed by atoms with Crippen molar-refractivity contribution in [3.8, 4) is 0 Å². The van der Waals surface area contributed by atoms with Crippen LogP contribution in [-0.2, 0) is 19.3 Å². The van der Waals surface area contributed by atoms with Gasteiger partial charge in [0.2, 0.25) is 5.78 Å². The normalized spacial score (nSPS) is 13.0. The highest BCUT2D eigenvalue weighted by Gasteiger charge is 2.21. The lowest BCUT2D eigenvalue weighted by molar-refractivity contribution is 0.101. The largest absolute Gasteiger partial charge is 0.458 e. The molecule has 1 heterocycles. The van der Waals surface area contributed by atoms with Crippen LogP contribution >= 0.6 is 0 Å². The lowest BCUT2D eigenvalue weighted by atomic mass is 9.97. The molecule has 0 unspecified atom stereocenters. The Labute approximate surface area is 123 Å². The van der Waals surface area contributed by atoms with Crippen molar-refractivity contribution in [3.63, 3.8) is 0 Å². The molecule has 2 nitrogen and oxygen atoms in total. The molecule has 3 aromatic rings. The van der Waals surface area contributed by atoms with Gasteiger partial charge in [0.25, 0.3) is 0 Å². The molecule has 0 fully saturated rings.